The monoisotopic (exact) mass is 241 g/mol. The van der Waals surface area contributed by atoms with Crippen LogP contribution in [0.15, 0.2) is 24.3 Å². The Morgan fingerprint density at radius 2 is 2.22 bits per heavy atom. The van der Waals surface area contributed by atoms with Gasteiger partial charge in [0.1, 0.15) is 11.6 Å². The molecule has 0 unspecified atom stereocenters. The number of rotatable bonds is 1. The Hall–Kier alpha value is -2.61. The van der Waals surface area contributed by atoms with Gasteiger partial charge in [0.2, 0.25) is 0 Å². The lowest BCUT2D eigenvalue weighted by Crippen LogP contribution is -2.21. The van der Waals surface area contributed by atoms with E-state index < -0.39 is 5.97 Å². The van der Waals surface area contributed by atoms with Crippen LogP contribution in [0, 0.1) is 23.7 Å². The molecule has 2 heterocycles. The molecule has 0 aliphatic carbocycles. The molecule has 0 aliphatic rings. The number of aryl methyl sites for hydroxylation is 1. The first-order valence-electron chi connectivity index (χ1n) is 5.28. The Morgan fingerprint density at radius 1 is 1.50 bits per heavy atom. The molecule has 0 aliphatic heterocycles. The lowest BCUT2D eigenvalue weighted by molar-refractivity contribution is 0.0602. The van der Waals surface area contributed by atoms with Crippen molar-refractivity contribution in [1.82, 2.24) is 4.40 Å². The summed E-state index contributed by atoms with van der Waals surface area (Å²) in [6.07, 6.45) is 0. The Morgan fingerprint density at radius 3 is 2.83 bits per heavy atom. The van der Waals surface area contributed by atoms with Crippen molar-refractivity contribution < 1.29 is 9.53 Å². The second-order valence-electron chi connectivity index (χ2n) is 3.81. The highest BCUT2D eigenvalue weighted by molar-refractivity contribution is 5.97. The van der Waals surface area contributed by atoms with Crippen LogP contribution >= 0.6 is 0 Å². The molecule has 5 nitrogen and oxygen atoms in total. The molecule has 2 aromatic rings. The van der Waals surface area contributed by atoms with Gasteiger partial charge in [0, 0.05) is 5.69 Å². The van der Waals surface area contributed by atoms with Gasteiger partial charge in [-0.25, -0.2) is 4.79 Å². The third-order valence-corrected chi connectivity index (χ3v) is 2.75. The topological polar surface area (TPSA) is 78.3 Å². The SMILES string of the molecule is COC(=O)c1cc(C#N)c(=N)n2c(C)cccc12. The second kappa shape index (κ2) is 4.34. The third kappa shape index (κ3) is 1.64. The van der Waals surface area contributed by atoms with E-state index in [1.54, 1.807) is 16.5 Å². The highest BCUT2D eigenvalue weighted by atomic mass is 16.5. The van der Waals surface area contributed by atoms with Gasteiger partial charge in [-0.15, -0.1) is 0 Å². The normalized spacial score (nSPS) is 10.1. The molecule has 0 spiro atoms. The molecular formula is C13H11N3O2. The Bertz CT molecular complexity index is 738. The number of hydrogen-bond acceptors (Lipinski definition) is 4. The maximum absolute atomic E-state index is 11.7. The van der Waals surface area contributed by atoms with Crippen LogP contribution in [0.2, 0.25) is 0 Å². The molecule has 2 rings (SSSR count). The standard InChI is InChI=1S/C13H11N3O2/c1-8-4-3-5-11-10(13(17)18-2)6-9(7-14)12(15)16(8)11/h3-6,15H,1-2H3. The van der Waals surface area contributed by atoms with Crippen molar-refractivity contribution in [1.29, 1.82) is 10.7 Å². The predicted octanol–water partition coefficient (Wildman–Crippen LogP) is 1.39. The zero-order valence-corrected chi connectivity index (χ0v) is 10.0. The number of pyridine rings is 2. The van der Waals surface area contributed by atoms with Crippen molar-refractivity contribution in [2.45, 2.75) is 6.92 Å². The smallest absolute Gasteiger partial charge is 0.340 e. The van der Waals surface area contributed by atoms with Crippen molar-refractivity contribution in [2.75, 3.05) is 7.11 Å². The molecular weight excluding hydrogens is 230 g/mol. The van der Waals surface area contributed by atoms with Crippen molar-refractivity contribution in [3.8, 4) is 6.07 Å². The van der Waals surface area contributed by atoms with Gasteiger partial charge in [0.25, 0.3) is 0 Å². The number of ether oxygens (including phenoxy) is 1. The number of hydrogen-bond donors (Lipinski definition) is 1. The number of aromatic nitrogens is 1. The van der Waals surface area contributed by atoms with E-state index in [9.17, 15) is 4.79 Å². The first kappa shape index (κ1) is 11.9. The molecule has 0 saturated carbocycles. The largest absolute Gasteiger partial charge is 0.465 e. The minimum Gasteiger partial charge on any atom is -0.465 e. The predicted molar refractivity (Wildman–Crippen MR) is 64.0 cm³/mol. The van der Waals surface area contributed by atoms with Crippen LogP contribution < -0.4 is 5.49 Å². The van der Waals surface area contributed by atoms with Crippen LogP contribution in [-0.2, 0) is 4.74 Å². The fraction of sp³-hybridized carbons (Fsp3) is 0.154. The van der Waals surface area contributed by atoms with Crippen LogP contribution in [0.3, 0.4) is 0 Å². The molecule has 18 heavy (non-hydrogen) atoms. The van der Waals surface area contributed by atoms with Crippen LogP contribution in [0.5, 0.6) is 0 Å². The van der Waals surface area contributed by atoms with Crippen molar-refractivity contribution in [3.05, 3.63) is 46.6 Å². The van der Waals surface area contributed by atoms with Gasteiger partial charge in [-0.05, 0) is 25.1 Å². The van der Waals surface area contributed by atoms with Gasteiger partial charge in [0.05, 0.1) is 23.8 Å². The van der Waals surface area contributed by atoms with E-state index in [0.29, 0.717) is 5.52 Å². The van der Waals surface area contributed by atoms with E-state index in [1.807, 2.05) is 19.1 Å². The number of esters is 1. The minimum atomic E-state index is -0.519. The van der Waals surface area contributed by atoms with Crippen molar-refractivity contribution in [3.63, 3.8) is 0 Å². The molecule has 2 aromatic heterocycles. The summed E-state index contributed by atoms with van der Waals surface area (Å²) < 4.78 is 6.26. The first-order chi connectivity index (χ1) is 8.60. The summed E-state index contributed by atoms with van der Waals surface area (Å²) in [6, 6.07) is 8.64. The molecule has 0 bridgehead atoms. The molecule has 0 fully saturated rings. The van der Waals surface area contributed by atoms with E-state index >= 15 is 0 Å². The maximum Gasteiger partial charge on any atom is 0.340 e. The maximum atomic E-state index is 11.7. The summed E-state index contributed by atoms with van der Waals surface area (Å²) in [5.74, 6) is -0.519. The van der Waals surface area contributed by atoms with Crippen molar-refractivity contribution in [2.24, 2.45) is 0 Å². The lowest BCUT2D eigenvalue weighted by Gasteiger charge is -2.10. The minimum absolute atomic E-state index is 0.0678. The fourth-order valence-corrected chi connectivity index (χ4v) is 1.89. The summed E-state index contributed by atoms with van der Waals surface area (Å²) in [5, 5.41) is 17.0. The second-order valence-corrected chi connectivity index (χ2v) is 3.81. The van der Waals surface area contributed by atoms with Crippen LogP contribution in [0.25, 0.3) is 5.52 Å². The van der Waals surface area contributed by atoms with Crippen LogP contribution in [0.1, 0.15) is 21.6 Å². The Kier molecular flexibility index (Phi) is 2.86. The summed E-state index contributed by atoms with van der Waals surface area (Å²) in [4.78, 5) is 11.7. The molecule has 0 atom stereocenters. The van der Waals surface area contributed by atoms with Crippen LogP contribution in [-0.4, -0.2) is 17.5 Å². The van der Waals surface area contributed by atoms with Gasteiger partial charge < -0.3 is 4.74 Å². The van der Waals surface area contributed by atoms with E-state index in [-0.39, 0.29) is 16.6 Å². The van der Waals surface area contributed by atoms with Gasteiger partial charge in [-0.1, -0.05) is 6.07 Å². The third-order valence-electron chi connectivity index (χ3n) is 2.75. The van der Waals surface area contributed by atoms with Gasteiger partial charge >= 0.3 is 5.97 Å². The van der Waals surface area contributed by atoms with Gasteiger partial charge in [0.15, 0.2) is 0 Å². The molecule has 0 aromatic carbocycles. The molecule has 1 N–H and O–H groups in total. The van der Waals surface area contributed by atoms with Crippen LogP contribution in [0.4, 0.5) is 0 Å². The summed E-state index contributed by atoms with van der Waals surface area (Å²) in [5.41, 5.74) is 1.83. The summed E-state index contributed by atoms with van der Waals surface area (Å²) in [6.45, 7) is 1.81. The quantitative estimate of drug-likeness (QED) is 0.766. The fourth-order valence-electron chi connectivity index (χ4n) is 1.89. The molecule has 0 saturated heterocycles. The van der Waals surface area contributed by atoms with E-state index in [4.69, 9.17) is 15.4 Å². The lowest BCUT2D eigenvalue weighted by atomic mass is 10.1. The average Bonchev–Trinajstić information content (AvgIpc) is 2.38. The highest BCUT2D eigenvalue weighted by Gasteiger charge is 2.14. The van der Waals surface area contributed by atoms with E-state index in [0.717, 1.165) is 5.69 Å². The number of nitriles is 1. The Balaban J connectivity index is 3.02. The number of methoxy groups -OCH3 is 1. The van der Waals surface area contributed by atoms with Gasteiger partial charge in [-0.2, -0.15) is 5.26 Å². The highest BCUT2D eigenvalue weighted by Crippen LogP contribution is 2.13. The average molecular weight is 241 g/mol. The zero-order valence-electron chi connectivity index (χ0n) is 10.0. The molecule has 90 valence electrons. The number of fused-ring (bicyclic) bond motifs is 1. The number of carbonyl (C=O) groups excluding carboxylic acids is 1. The van der Waals surface area contributed by atoms with Crippen molar-refractivity contribution >= 4 is 11.5 Å². The number of nitrogens with one attached hydrogen (secondary N) is 1. The summed E-state index contributed by atoms with van der Waals surface area (Å²) >= 11 is 0. The zero-order chi connectivity index (χ0) is 13.3. The number of nitrogens with zero attached hydrogens (tertiary/aromatic N) is 2. The molecule has 0 amide bonds. The van der Waals surface area contributed by atoms with E-state index in [1.165, 1.54) is 13.2 Å². The molecule has 0 radical (unpaired) electrons. The number of carbonyl (C=O) groups is 1. The van der Waals surface area contributed by atoms with Gasteiger partial charge in [-0.3, -0.25) is 9.81 Å². The molecule has 5 heteroatoms. The Labute approximate surface area is 103 Å². The summed E-state index contributed by atoms with van der Waals surface area (Å²) in [7, 11) is 1.29. The first-order valence-corrected chi connectivity index (χ1v) is 5.28. The van der Waals surface area contributed by atoms with E-state index in [2.05, 4.69) is 0 Å².